The number of amides is 4. The van der Waals surface area contributed by atoms with Crippen molar-refractivity contribution in [2.45, 2.75) is 140 Å². The molecule has 13 N–H and O–H groups in total. The molecule has 0 spiro atoms. The van der Waals surface area contributed by atoms with Crippen molar-refractivity contribution in [1.82, 2.24) is 27.9 Å². The average molecular weight is 1700 g/mol. The summed E-state index contributed by atoms with van der Waals surface area (Å²) in [5.41, 5.74) is 26.3. The number of Topliss-reactive ketones (excluding diaryl/α,β-unsaturated/α-hetero) is 1. The van der Waals surface area contributed by atoms with E-state index in [2.05, 4.69) is 64.0 Å². The number of rotatable bonds is 11. The van der Waals surface area contributed by atoms with E-state index in [4.69, 9.17) is 16.0 Å². The number of benzene rings is 8. The van der Waals surface area contributed by atoms with E-state index in [1.807, 2.05) is 198 Å². The SMILES string of the molecule is C[C@@H]1CC(=O)Cc2cccc(-c3cc4ccccc4n3S(=O)(=O)Cc3ccccc3)c2N1.C[C@@H]1CC(=O)Nc2cccc(-c3ccc(N)nc3)c2N1.C[C@@H]1CC(=O)Nc2cccc(-c3cnn(S(C)(=O)=O)c3)c2N1.C[C@@H]1CC(=O)Nc2cccc(-c3nn(C)c4c3CCCC4)c2N1.C[C@@H]1CC(=O)Nc2cccc(C=Cc3ccccc3S(N)(=O)=O)c2N1. The molecule has 18 rings (SSSR count). The molecule has 5 aliphatic heterocycles. The number of nitrogens with zero attached hydrogens (tertiary/aromatic N) is 6. The summed E-state index contributed by atoms with van der Waals surface area (Å²) in [6.45, 7) is 9.87. The number of fused-ring (bicyclic) bond motifs is 7. The lowest BCUT2D eigenvalue weighted by molar-refractivity contribution is -0.119. The Labute approximate surface area is 709 Å². The Morgan fingerprint density at radius 2 is 0.984 bits per heavy atom. The zero-order chi connectivity index (χ0) is 86.3. The van der Waals surface area contributed by atoms with Crippen molar-refractivity contribution < 1.29 is 49.2 Å². The van der Waals surface area contributed by atoms with Gasteiger partial charge in [0.1, 0.15) is 11.6 Å². The number of nitrogens with one attached hydrogen (secondary N) is 9. The lowest BCUT2D eigenvalue weighted by Gasteiger charge is -2.19. The molecule has 0 unspecified atom stereocenters. The molecule has 0 bridgehead atoms. The molecule has 0 saturated heterocycles. The van der Waals surface area contributed by atoms with E-state index in [1.54, 1.807) is 42.6 Å². The zero-order valence-corrected chi connectivity index (χ0v) is 71.0. The van der Waals surface area contributed by atoms with Gasteiger partial charge in [0, 0.05) is 138 Å². The van der Waals surface area contributed by atoms with E-state index in [9.17, 15) is 49.2 Å². The predicted molar refractivity (Wildman–Crippen MR) is 484 cm³/mol. The molecule has 6 aliphatic rings. The van der Waals surface area contributed by atoms with Crippen molar-refractivity contribution in [1.29, 1.82) is 0 Å². The van der Waals surface area contributed by atoms with Crippen molar-refractivity contribution in [2.75, 3.05) is 59.8 Å². The monoisotopic (exact) mass is 1700 g/mol. The Bertz CT molecular complexity index is 6410. The van der Waals surface area contributed by atoms with Gasteiger partial charge < -0.3 is 53.6 Å². The van der Waals surface area contributed by atoms with Gasteiger partial charge in [0.2, 0.25) is 43.7 Å². The molecule has 630 valence electrons. The number of hydrogen-bond donors (Lipinski definition) is 11. The second kappa shape index (κ2) is 36.4. The van der Waals surface area contributed by atoms with Gasteiger partial charge in [0.25, 0.3) is 10.0 Å². The van der Waals surface area contributed by atoms with E-state index in [-0.39, 0.29) is 70.3 Å². The second-order valence-electron chi connectivity index (χ2n) is 31.4. The number of carbonyl (C=O) groups is 5. The Hall–Kier alpha value is -13.2. The Kier molecular flexibility index (Phi) is 25.4. The minimum atomic E-state index is -3.80. The van der Waals surface area contributed by atoms with E-state index in [0.717, 1.165) is 119 Å². The number of anilines is 10. The zero-order valence-electron chi connectivity index (χ0n) is 68.5. The number of aromatic nitrogens is 6. The van der Waals surface area contributed by atoms with Gasteiger partial charge in [-0.3, -0.25) is 28.7 Å². The van der Waals surface area contributed by atoms with Crippen molar-refractivity contribution in [3.05, 3.63) is 240 Å². The van der Waals surface area contributed by atoms with Gasteiger partial charge in [-0.05, 0) is 137 Å². The van der Waals surface area contributed by atoms with Crippen LogP contribution in [0.3, 0.4) is 0 Å². The molecule has 9 heterocycles. The topological polar surface area (TPSA) is 402 Å². The molecule has 0 radical (unpaired) electrons. The maximum absolute atomic E-state index is 13.7. The first kappa shape index (κ1) is 85.2. The molecule has 0 saturated carbocycles. The van der Waals surface area contributed by atoms with Crippen LogP contribution in [0, 0.1) is 0 Å². The summed E-state index contributed by atoms with van der Waals surface area (Å²) in [7, 11) is -8.90. The van der Waals surface area contributed by atoms with Crippen LogP contribution in [0.25, 0.3) is 67.8 Å². The summed E-state index contributed by atoms with van der Waals surface area (Å²) in [4.78, 5) is 63.9. The summed E-state index contributed by atoms with van der Waals surface area (Å²) in [5, 5.41) is 43.5. The molecule has 4 aromatic heterocycles. The van der Waals surface area contributed by atoms with Crippen molar-refractivity contribution in [3.8, 4) is 44.8 Å². The minimum absolute atomic E-state index is 0.00694. The largest absolute Gasteiger partial charge is 0.384 e. The van der Waals surface area contributed by atoms with E-state index in [0.29, 0.717) is 78.1 Å². The Morgan fingerprint density at radius 1 is 0.492 bits per heavy atom. The van der Waals surface area contributed by atoms with Crippen molar-refractivity contribution in [2.24, 2.45) is 12.2 Å². The van der Waals surface area contributed by atoms with Crippen LogP contribution in [0.2, 0.25) is 0 Å². The third-order valence-corrected chi connectivity index (χ3v) is 24.9. The standard InChI is InChI=1S/C26H24N2O3S.C18H22N4O.C18H19N3O3S.C15H16N4O.C14H16N4O3S/c1-18-14-22(29)15-21-11-7-12-23(26(21)27-18)25-16-20-10-5-6-13-24(20)28(25)32(30,31)17-19-8-3-2-4-9-19;1-11-10-16(23)20-14-8-5-7-13(18(14)19-11)17-12-6-3-4-9-15(12)22(2)21-17;1-12-11-17(22)21-15-7-4-6-14(18(15)20-12)10-9-13-5-2-3-8-16(13)25(19,23)24;1-9-7-14(20)19-12-4-2-3-11(15(12)18-9)10-5-6-13(16)17-8-10;1-9-6-13(19)17-12-5-3-4-11(14(12)16-9)10-7-15-18(8-10)22(2,20)21/h2-13,16,18,27H,14-15,17H2,1H3;5,7-8,11,19H,3-4,6,9-10H2,1-2H3,(H,20,23);2-10,12,20H,11H2,1H3,(H,21,22)(H2,19,23,24);2-6,8-9,18H,7H2,1H3,(H2,16,17)(H,19,20);3-5,7-9,16H,6H2,1-2H3,(H,17,19)/t18-;11-;12-;2*9-/m11111/s1. The first-order valence-electron chi connectivity index (χ1n) is 40.3. The molecular weight excluding hydrogens is 1600 g/mol. The smallest absolute Gasteiger partial charge is 0.250 e. The predicted octanol–water partition coefficient (Wildman–Crippen LogP) is 14.7. The quantitative estimate of drug-likeness (QED) is 0.0536. The molecule has 4 amide bonds. The summed E-state index contributed by atoms with van der Waals surface area (Å²) in [6, 6.07) is 57.7. The van der Waals surface area contributed by atoms with Gasteiger partial charge in [-0.25, -0.2) is 39.3 Å². The molecule has 8 aromatic carbocycles. The number of para-hydroxylation sites is 6. The highest BCUT2D eigenvalue weighted by molar-refractivity contribution is 7.89. The molecular formula is C91H97N17O11S3. The number of aryl methyl sites for hydroxylation is 1. The van der Waals surface area contributed by atoms with Crippen LogP contribution in [0.5, 0.6) is 0 Å². The van der Waals surface area contributed by atoms with Gasteiger partial charge in [-0.15, -0.1) is 0 Å². The number of primary sulfonamides is 1. The highest BCUT2D eigenvalue weighted by Gasteiger charge is 2.31. The molecule has 12 aromatic rings. The van der Waals surface area contributed by atoms with Gasteiger partial charge in [-0.2, -0.15) is 14.3 Å². The first-order chi connectivity index (χ1) is 58.4. The Morgan fingerprint density at radius 3 is 1.57 bits per heavy atom. The fourth-order valence-electron chi connectivity index (χ4n) is 16.0. The molecule has 1 aliphatic carbocycles. The van der Waals surface area contributed by atoms with Gasteiger partial charge in [-0.1, -0.05) is 146 Å². The molecule has 31 heteroatoms. The molecule has 28 nitrogen and oxygen atoms in total. The second-order valence-corrected chi connectivity index (χ2v) is 36.6. The maximum atomic E-state index is 13.7. The van der Waals surface area contributed by atoms with Crippen LogP contribution >= 0.6 is 0 Å². The molecule has 5 atom stereocenters. The lowest BCUT2D eigenvalue weighted by atomic mass is 9.92. The van der Waals surface area contributed by atoms with Crippen LogP contribution in [0.4, 0.5) is 57.0 Å². The summed E-state index contributed by atoms with van der Waals surface area (Å²) < 4.78 is 78.3. The molecule has 122 heavy (non-hydrogen) atoms. The van der Waals surface area contributed by atoms with Crippen LogP contribution in [-0.4, -0.2) is 119 Å². The third kappa shape index (κ3) is 19.9. The van der Waals surface area contributed by atoms with Crippen LogP contribution < -0.4 is 58.7 Å². The summed E-state index contributed by atoms with van der Waals surface area (Å²) in [5.74, 6) is 0.558. The normalized spacial score (nSPS) is 17.8. The average Bonchev–Trinajstić information content (AvgIpc) is 1.59. The van der Waals surface area contributed by atoms with E-state index in [1.165, 1.54) is 46.5 Å². The highest BCUT2D eigenvalue weighted by atomic mass is 32.2. The Balaban J connectivity index is 0.000000126. The minimum Gasteiger partial charge on any atom is -0.384 e. The van der Waals surface area contributed by atoms with Crippen LogP contribution in [0.15, 0.2) is 212 Å². The van der Waals surface area contributed by atoms with Gasteiger partial charge in [0.15, 0.2) is 0 Å². The van der Waals surface area contributed by atoms with Crippen LogP contribution in [0.1, 0.15) is 113 Å². The van der Waals surface area contributed by atoms with E-state index < -0.39 is 30.1 Å². The number of nitrogens with two attached hydrogens (primary N) is 2. The fourth-order valence-corrected chi connectivity index (χ4v) is 18.9. The van der Waals surface area contributed by atoms with Gasteiger partial charge in [0.05, 0.1) is 91.7 Å². The summed E-state index contributed by atoms with van der Waals surface area (Å²) in [6.07, 6.45) is 16.4. The fraction of sp³-hybridized carbons (Fsp3) is 0.253. The number of pyridine rings is 1. The summed E-state index contributed by atoms with van der Waals surface area (Å²) >= 11 is 0. The number of sulfonamides is 1. The number of carbonyl (C=O) groups excluding carboxylic acids is 5. The number of ketones is 1. The maximum Gasteiger partial charge on any atom is 0.250 e. The van der Waals surface area contributed by atoms with Crippen LogP contribution in [-0.2, 0) is 86.1 Å². The highest BCUT2D eigenvalue weighted by Crippen LogP contribution is 2.44. The van der Waals surface area contributed by atoms with Crippen molar-refractivity contribution in [3.63, 3.8) is 0 Å². The first-order valence-corrected chi connectivity index (χ1v) is 45.3. The number of hydrogen-bond acceptors (Lipinski definition) is 20. The molecule has 0 fully saturated rings. The van der Waals surface area contributed by atoms with E-state index >= 15 is 0 Å². The lowest BCUT2D eigenvalue weighted by Crippen LogP contribution is -2.19. The van der Waals surface area contributed by atoms with Crippen molar-refractivity contribution >= 4 is 140 Å². The number of nitrogen functional groups attached to an aromatic ring is 1. The van der Waals surface area contributed by atoms with Gasteiger partial charge >= 0.3 is 0 Å². The third-order valence-electron chi connectivity index (χ3n) is 21.4.